The molecule has 1 aromatic carbocycles. The summed E-state index contributed by atoms with van der Waals surface area (Å²) in [4.78, 5) is 0. The lowest BCUT2D eigenvalue weighted by molar-refractivity contribution is 0.247. The molecule has 2 aliphatic carbocycles. The van der Waals surface area contributed by atoms with E-state index in [4.69, 9.17) is 0 Å². The van der Waals surface area contributed by atoms with Gasteiger partial charge in [0, 0.05) is 17.6 Å². The highest BCUT2D eigenvalue weighted by atomic mass is 19.1. The van der Waals surface area contributed by atoms with Crippen molar-refractivity contribution in [3.63, 3.8) is 0 Å². The van der Waals surface area contributed by atoms with Crippen molar-refractivity contribution in [1.29, 1.82) is 0 Å². The predicted octanol–water partition coefficient (Wildman–Crippen LogP) is 4.30. The van der Waals surface area contributed by atoms with Gasteiger partial charge in [-0.25, -0.2) is 4.39 Å². The van der Waals surface area contributed by atoms with Crippen LogP contribution in [0.2, 0.25) is 0 Å². The van der Waals surface area contributed by atoms with Gasteiger partial charge in [0.15, 0.2) is 0 Å². The first kappa shape index (κ1) is 13.1. The van der Waals surface area contributed by atoms with Gasteiger partial charge < -0.3 is 5.32 Å². The van der Waals surface area contributed by atoms with Crippen molar-refractivity contribution in [2.75, 3.05) is 0 Å². The van der Waals surface area contributed by atoms with Crippen LogP contribution in [0, 0.1) is 23.6 Å². The minimum Gasteiger partial charge on any atom is -0.307 e. The van der Waals surface area contributed by atoms with E-state index in [-0.39, 0.29) is 11.9 Å². The Kier molecular flexibility index (Phi) is 3.62. The summed E-state index contributed by atoms with van der Waals surface area (Å²) in [5, 5.41) is 3.62. The molecule has 0 aromatic heterocycles. The highest BCUT2D eigenvalue weighted by Gasteiger charge is 2.41. The fraction of sp³-hybridized carbons (Fsp3) is 0.647. The molecule has 0 radical (unpaired) electrons. The summed E-state index contributed by atoms with van der Waals surface area (Å²) in [5.41, 5.74) is 0.789. The molecule has 2 fully saturated rings. The zero-order valence-corrected chi connectivity index (χ0v) is 11.9. The van der Waals surface area contributed by atoms with Gasteiger partial charge in [-0.15, -0.1) is 0 Å². The molecule has 0 heterocycles. The van der Waals surface area contributed by atoms with Crippen LogP contribution in [-0.2, 0) is 0 Å². The number of rotatable bonds is 4. The van der Waals surface area contributed by atoms with E-state index in [9.17, 15) is 4.39 Å². The van der Waals surface area contributed by atoms with Gasteiger partial charge in [-0.1, -0.05) is 24.6 Å². The van der Waals surface area contributed by atoms with Crippen molar-refractivity contribution in [3.8, 4) is 0 Å². The first-order chi connectivity index (χ1) is 9.15. The van der Waals surface area contributed by atoms with E-state index >= 15 is 0 Å². The third-order valence-electron chi connectivity index (χ3n) is 5.32. The molecule has 1 aromatic rings. The SMILES string of the molecule is CC(NC(C)C1CC2CCC1C2)c1ccccc1F. The summed E-state index contributed by atoms with van der Waals surface area (Å²) < 4.78 is 13.8. The minimum absolute atomic E-state index is 0.0929. The first-order valence-electron chi connectivity index (χ1n) is 7.65. The van der Waals surface area contributed by atoms with Gasteiger partial charge in [-0.2, -0.15) is 0 Å². The van der Waals surface area contributed by atoms with Gasteiger partial charge in [0.05, 0.1) is 0 Å². The molecule has 2 saturated carbocycles. The molecule has 1 nitrogen and oxygen atoms in total. The van der Waals surface area contributed by atoms with E-state index in [1.165, 1.54) is 25.7 Å². The number of hydrogen-bond donors (Lipinski definition) is 1. The lowest BCUT2D eigenvalue weighted by Gasteiger charge is -2.31. The van der Waals surface area contributed by atoms with Crippen LogP contribution in [0.4, 0.5) is 4.39 Å². The van der Waals surface area contributed by atoms with E-state index in [0.29, 0.717) is 6.04 Å². The zero-order valence-electron chi connectivity index (χ0n) is 11.9. The van der Waals surface area contributed by atoms with E-state index in [0.717, 1.165) is 23.3 Å². The zero-order chi connectivity index (χ0) is 13.4. The van der Waals surface area contributed by atoms with Crippen LogP contribution in [-0.4, -0.2) is 6.04 Å². The smallest absolute Gasteiger partial charge is 0.127 e. The summed E-state index contributed by atoms with van der Waals surface area (Å²) in [6, 6.07) is 7.69. The highest BCUT2D eigenvalue weighted by molar-refractivity contribution is 5.20. The summed E-state index contributed by atoms with van der Waals surface area (Å²) >= 11 is 0. The summed E-state index contributed by atoms with van der Waals surface area (Å²) in [6.07, 6.45) is 5.67. The van der Waals surface area contributed by atoms with Crippen molar-refractivity contribution in [1.82, 2.24) is 5.32 Å². The quantitative estimate of drug-likeness (QED) is 0.852. The van der Waals surface area contributed by atoms with E-state index in [1.807, 2.05) is 12.1 Å². The summed E-state index contributed by atoms with van der Waals surface area (Å²) in [5.74, 6) is 2.60. The summed E-state index contributed by atoms with van der Waals surface area (Å²) in [6.45, 7) is 4.35. The molecule has 5 atom stereocenters. The van der Waals surface area contributed by atoms with Gasteiger partial charge >= 0.3 is 0 Å². The minimum atomic E-state index is -0.0948. The maximum absolute atomic E-state index is 13.8. The molecule has 2 bridgehead atoms. The maximum atomic E-state index is 13.8. The van der Waals surface area contributed by atoms with Crippen LogP contribution in [0.5, 0.6) is 0 Å². The van der Waals surface area contributed by atoms with Crippen LogP contribution in [0.3, 0.4) is 0 Å². The van der Waals surface area contributed by atoms with Gasteiger partial charge in [0.1, 0.15) is 5.82 Å². The number of hydrogen-bond acceptors (Lipinski definition) is 1. The molecule has 0 amide bonds. The Labute approximate surface area is 115 Å². The largest absolute Gasteiger partial charge is 0.307 e. The van der Waals surface area contributed by atoms with Crippen LogP contribution in [0.1, 0.15) is 51.1 Å². The maximum Gasteiger partial charge on any atom is 0.127 e. The van der Waals surface area contributed by atoms with E-state index in [1.54, 1.807) is 12.1 Å². The van der Waals surface area contributed by atoms with Crippen LogP contribution >= 0.6 is 0 Å². The Morgan fingerprint density at radius 3 is 2.58 bits per heavy atom. The highest BCUT2D eigenvalue weighted by Crippen LogP contribution is 2.49. The average Bonchev–Trinajstić information content (AvgIpc) is 3.01. The molecule has 2 heteroatoms. The second-order valence-electron chi connectivity index (χ2n) is 6.54. The summed E-state index contributed by atoms with van der Waals surface area (Å²) in [7, 11) is 0. The fourth-order valence-corrected chi connectivity index (χ4v) is 4.34. The first-order valence-corrected chi connectivity index (χ1v) is 7.65. The molecule has 0 aliphatic heterocycles. The van der Waals surface area contributed by atoms with Crippen LogP contribution in [0.25, 0.3) is 0 Å². The van der Waals surface area contributed by atoms with Crippen LogP contribution < -0.4 is 5.32 Å². The predicted molar refractivity (Wildman–Crippen MR) is 76.4 cm³/mol. The standard InChI is InChI=1S/C17H24FN/c1-11(15-5-3-4-6-17(15)18)19-12(2)16-10-13-7-8-14(16)9-13/h3-6,11-14,16,19H,7-10H2,1-2H3. The Morgan fingerprint density at radius 2 is 1.95 bits per heavy atom. The molecular weight excluding hydrogens is 237 g/mol. The molecule has 104 valence electrons. The van der Waals surface area contributed by atoms with Crippen molar-refractivity contribution < 1.29 is 4.39 Å². The fourth-order valence-electron chi connectivity index (χ4n) is 4.34. The Bertz CT molecular complexity index is 445. The topological polar surface area (TPSA) is 12.0 Å². The average molecular weight is 261 g/mol. The second-order valence-corrected chi connectivity index (χ2v) is 6.54. The second kappa shape index (κ2) is 5.24. The molecular formula is C17H24FN. The van der Waals surface area contributed by atoms with Gasteiger partial charge in [0.25, 0.3) is 0 Å². The Morgan fingerprint density at radius 1 is 1.16 bits per heavy atom. The monoisotopic (exact) mass is 261 g/mol. The number of fused-ring (bicyclic) bond motifs is 2. The lowest BCUT2D eigenvalue weighted by Crippen LogP contribution is -2.38. The molecule has 0 spiro atoms. The number of nitrogens with one attached hydrogen (secondary N) is 1. The number of benzene rings is 1. The Hall–Kier alpha value is -0.890. The molecule has 3 rings (SSSR count). The van der Waals surface area contributed by atoms with Crippen molar-refractivity contribution >= 4 is 0 Å². The van der Waals surface area contributed by atoms with Crippen molar-refractivity contribution in [2.24, 2.45) is 17.8 Å². The number of halogens is 1. The third-order valence-corrected chi connectivity index (χ3v) is 5.32. The van der Waals surface area contributed by atoms with Gasteiger partial charge in [0.2, 0.25) is 0 Å². The van der Waals surface area contributed by atoms with Gasteiger partial charge in [-0.05, 0) is 56.9 Å². The lowest BCUT2D eigenvalue weighted by atomic mass is 9.83. The van der Waals surface area contributed by atoms with Crippen molar-refractivity contribution in [3.05, 3.63) is 35.6 Å². The van der Waals surface area contributed by atoms with Crippen molar-refractivity contribution in [2.45, 2.75) is 51.6 Å². The molecule has 19 heavy (non-hydrogen) atoms. The van der Waals surface area contributed by atoms with E-state index in [2.05, 4.69) is 19.2 Å². The Balaban J connectivity index is 1.63. The van der Waals surface area contributed by atoms with Crippen LogP contribution in [0.15, 0.2) is 24.3 Å². The van der Waals surface area contributed by atoms with Gasteiger partial charge in [-0.3, -0.25) is 0 Å². The molecule has 5 unspecified atom stereocenters. The molecule has 2 aliphatic rings. The molecule has 0 saturated heterocycles. The molecule has 1 N–H and O–H groups in total. The normalized spacial score (nSPS) is 32.5. The van der Waals surface area contributed by atoms with E-state index < -0.39 is 0 Å². The third kappa shape index (κ3) is 2.55.